The van der Waals surface area contributed by atoms with Crippen LogP contribution in [0.1, 0.15) is 18.4 Å². The zero-order chi connectivity index (χ0) is 19.2. The third-order valence-electron chi connectivity index (χ3n) is 4.37. The summed E-state index contributed by atoms with van der Waals surface area (Å²) in [5, 5.41) is 3.46. The SMILES string of the molecule is O=C(CCCOCCc1ccccc1)Nc1nc2cc3c(cc2s1)OCCO3. The Morgan fingerprint density at radius 2 is 1.89 bits per heavy atom. The van der Waals surface area contributed by atoms with Crippen LogP contribution in [0.3, 0.4) is 0 Å². The minimum atomic E-state index is -0.0528. The number of rotatable bonds is 8. The van der Waals surface area contributed by atoms with Crippen molar-refractivity contribution in [2.75, 3.05) is 31.7 Å². The van der Waals surface area contributed by atoms with E-state index >= 15 is 0 Å². The molecule has 0 aliphatic carbocycles. The van der Waals surface area contributed by atoms with Gasteiger partial charge in [-0.2, -0.15) is 0 Å². The maximum absolute atomic E-state index is 12.2. The first-order chi connectivity index (χ1) is 13.8. The number of aromatic nitrogens is 1. The lowest BCUT2D eigenvalue weighted by atomic mass is 10.2. The number of fused-ring (bicyclic) bond motifs is 2. The van der Waals surface area contributed by atoms with Crippen LogP contribution in [0.25, 0.3) is 10.2 Å². The van der Waals surface area contributed by atoms with Crippen molar-refractivity contribution in [3.8, 4) is 11.5 Å². The van der Waals surface area contributed by atoms with Gasteiger partial charge in [0.05, 0.1) is 16.8 Å². The van der Waals surface area contributed by atoms with E-state index in [0.29, 0.717) is 50.2 Å². The number of hydrogen-bond acceptors (Lipinski definition) is 6. The van der Waals surface area contributed by atoms with E-state index in [1.165, 1.54) is 16.9 Å². The molecule has 1 N–H and O–H groups in total. The Morgan fingerprint density at radius 3 is 2.71 bits per heavy atom. The number of nitrogens with one attached hydrogen (secondary N) is 1. The van der Waals surface area contributed by atoms with Gasteiger partial charge in [0.25, 0.3) is 0 Å². The highest BCUT2D eigenvalue weighted by Gasteiger charge is 2.16. The molecular weight excluding hydrogens is 376 g/mol. The van der Waals surface area contributed by atoms with Gasteiger partial charge in [-0.05, 0) is 18.4 Å². The van der Waals surface area contributed by atoms with Gasteiger partial charge >= 0.3 is 0 Å². The van der Waals surface area contributed by atoms with Crippen LogP contribution in [0, 0.1) is 0 Å². The molecule has 4 rings (SSSR count). The maximum atomic E-state index is 12.2. The summed E-state index contributed by atoms with van der Waals surface area (Å²) in [5.41, 5.74) is 2.06. The van der Waals surface area contributed by atoms with Gasteiger partial charge < -0.3 is 19.5 Å². The molecule has 7 heteroatoms. The Labute approximate surface area is 167 Å². The summed E-state index contributed by atoms with van der Waals surface area (Å²) in [6.07, 6.45) is 1.97. The summed E-state index contributed by atoms with van der Waals surface area (Å²) in [6.45, 7) is 2.33. The summed E-state index contributed by atoms with van der Waals surface area (Å²) in [6, 6.07) is 14.0. The van der Waals surface area contributed by atoms with Gasteiger partial charge in [0.1, 0.15) is 13.2 Å². The minimum Gasteiger partial charge on any atom is -0.486 e. The average molecular weight is 398 g/mol. The van der Waals surface area contributed by atoms with Gasteiger partial charge in [0, 0.05) is 25.2 Å². The van der Waals surface area contributed by atoms with Crippen LogP contribution in [-0.4, -0.2) is 37.3 Å². The molecule has 0 saturated carbocycles. The highest BCUT2D eigenvalue weighted by molar-refractivity contribution is 7.22. The van der Waals surface area contributed by atoms with E-state index in [-0.39, 0.29) is 5.91 Å². The van der Waals surface area contributed by atoms with Crippen LogP contribution in [0.5, 0.6) is 11.5 Å². The van der Waals surface area contributed by atoms with Crippen molar-refractivity contribution in [1.82, 2.24) is 4.98 Å². The van der Waals surface area contributed by atoms with Crippen molar-refractivity contribution in [1.29, 1.82) is 0 Å². The number of carbonyl (C=O) groups is 1. The van der Waals surface area contributed by atoms with E-state index in [4.69, 9.17) is 14.2 Å². The zero-order valence-corrected chi connectivity index (χ0v) is 16.3. The summed E-state index contributed by atoms with van der Waals surface area (Å²) in [4.78, 5) is 16.6. The van der Waals surface area contributed by atoms with E-state index in [9.17, 15) is 4.79 Å². The van der Waals surface area contributed by atoms with E-state index in [0.717, 1.165) is 22.4 Å². The molecule has 146 valence electrons. The van der Waals surface area contributed by atoms with Crippen molar-refractivity contribution in [2.45, 2.75) is 19.3 Å². The highest BCUT2D eigenvalue weighted by atomic mass is 32.1. The first-order valence-corrected chi connectivity index (χ1v) is 10.2. The number of amides is 1. The Morgan fingerprint density at radius 1 is 1.11 bits per heavy atom. The minimum absolute atomic E-state index is 0.0528. The van der Waals surface area contributed by atoms with Gasteiger partial charge in [0.2, 0.25) is 5.91 Å². The van der Waals surface area contributed by atoms with Gasteiger partial charge in [-0.25, -0.2) is 4.98 Å². The van der Waals surface area contributed by atoms with E-state index in [1.807, 2.05) is 30.3 Å². The van der Waals surface area contributed by atoms with Crippen LogP contribution in [-0.2, 0) is 16.0 Å². The van der Waals surface area contributed by atoms with E-state index < -0.39 is 0 Å². The standard InChI is InChI=1S/C21H22N2O4S/c24-20(7-4-9-25-10-8-15-5-2-1-3-6-15)23-21-22-16-13-17-18(14-19(16)28-21)27-12-11-26-17/h1-3,5-6,13-14H,4,7-12H2,(H,22,23,24). The maximum Gasteiger partial charge on any atom is 0.226 e. The third-order valence-corrected chi connectivity index (χ3v) is 5.30. The summed E-state index contributed by atoms with van der Waals surface area (Å²) in [7, 11) is 0. The molecule has 0 spiro atoms. The van der Waals surface area contributed by atoms with Gasteiger partial charge in [0.15, 0.2) is 16.6 Å². The Kier molecular flexibility index (Phi) is 6.04. The van der Waals surface area contributed by atoms with Crippen molar-refractivity contribution in [2.24, 2.45) is 0 Å². The van der Waals surface area contributed by atoms with Gasteiger partial charge in [-0.1, -0.05) is 41.7 Å². The highest BCUT2D eigenvalue weighted by Crippen LogP contribution is 2.37. The Balaban J connectivity index is 1.20. The molecule has 0 saturated heterocycles. The number of nitrogens with zero attached hydrogens (tertiary/aromatic N) is 1. The van der Waals surface area contributed by atoms with Crippen molar-refractivity contribution in [3.05, 3.63) is 48.0 Å². The topological polar surface area (TPSA) is 69.7 Å². The molecule has 28 heavy (non-hydrogen) atoms. The molecule has 1 amide bonds. The second-order valence-electron chi connectivity index (χ2n) is 6.48. The molecule has 6 nitrogen and oxygen atoms in total. The molecule has 0 bridgehead atoms. The van der Waals surface area contributed by atoms with Crippen LogP contribution >= 0.6 is 11.3 Å². The summed E-state index contributed by atoms with van der Waals surface area (Å²) in [5.74, 6) is 1.38. The summed E-state index contributed by atoms with van der Waals surface area (Å²) >= 11 is 1.43. The summed E-state index contributed by atoms with van der Waals surface area (Å²) < 4.78 is 17.7. The Hall–Kier alpha value is -2.64. The lowest BCUT2D eigenvalue weighted by Crippen LogP contribution is -2.15. The van der Waals surface area contributed by atoms with Gasteiger partial charge in [-0.15, -0.1) is 0 Å². The van der Waals surface area contributed by atoms with Crippen molar-refractivity contribution >= 4 is 32.6 Å². The smallest absolute Gasteiger partial charge is 0.226 e. The largest absolute Gasteiger partial charge is 0.486 e. The van der Waals surface area contributed by atoms with E-state index in [2.05, 4.69) is 22.4 Å². The number of benzene rings is 2. The molecule has 1 aromatic heterocycles. The molecule has 0 radical (unpaired) electrons. The first kappa shape index (κ1) is 18.7. The van der Waals surface area contributed by atoms with Crippen molar-refractivity contribution in [3.63, 3.8) is 0 Å². The number of anilines is 1. The third kappa shape index (κ3) is 4.79. The molecule has 0 atom stereocenters. The monoisotopic (exact) mass is 398 g/mol. The number of hydrogen-bond donors (Lipinski definition) is 1. The lowest BCUT2D eigenvalue weighted by Gasteiger charge is -2.17. The van der Waals surface area contributed by atoms with Crippen LogP contribution in [0.15, 0.2) is 42.5 Å². The molecule has 3 aromatic rings. The number of thiazole rings is 1. The van der Waals surface area contributed by atoms with Gasteiger partial charge in [-0.3, -0.25) is 4.79 Å². The molecule has 0 fully saturated rings. The molecule has 2 aromatic carbocycles. The lowest BCUT2D eigenvalue weighted by molar-refractivity contribution is -0.116. The second kappa shape index (κ2) is 9.03. The fraction of sp³-hybridized carbons (Fsp3) is 0.333. The normalized spacial score (nSPS) is 12.9. The Bertz CT molecular complexity index is 899. The predicted molar refractivity (Wildman–Crippen MR) is 109 cm³/mol. The molecule has 2 heterocycles. The van der Waals surface area contributed by atoms with Crippen LogP contribution in [0.4, 0.5) is 5.13 Å². The predicted octanol–water partition coefficient (Wildman–Crippen LogP) is 4.05. The molecule has 1 aliphatic rings. The fourth-order valence-corrected chi connectivity index (χ4v) is 3.86. The second-order valence-corrected chi connectivity index (χ2v) is 7.51. The first-order valence-electron chi connectivity index (χ1n) is 9.40. The average Bonchev–Trinajstić information content (AvgIpc) is 3.10. The molecule has 1 aliphatic heterocycles. The molecule has 0 unspecified atom stereocenters. The fourth-order valence-electron chi connectivity index (χ4n) is 2.97. The van der Waals surface area contributed by atoms with Crippen LogP contribution in [0.2, 0.25) is 0 Å². The van der Waals surface area contributed by atoms with Crippen molar-refractivity contribution < 1.29 is 19.0 Å². The zero-order valence-electron chi connectivity index (χ0n) is 15.5. The number of ether oxygens (including phenoxy) is 3. The van der Waals surface area contributed by atoms with Crippen LogP contribution < -0.4 is 14.8 Å². The molecular formula is C21H22N2O4S. The number of carbonyl (C=O) groups excluding carboxylic acids is 1. The van der Waals surface area contributed by atoms with E-state index in [1.54, 1.807) is 0 Å². The quantitative estimate of drug-likeness (QED) is 0.580.